The topological polar surface area (TPSA) is 67.6 Å². The Balaban J connectivity index is 1.77. The number of carbonyl (C=O) groups is 1. The molecule has 1 atom stereocenters. The number of benzene rings is 1. The van der Waals surface area contributed by atoms with Crippen LogP contribution >= 0.6 is 0 Å². The molecule has 0 bridgehead atoms. The fraction of sp³-hybridized carbons (Fsp3) is 0.562. The van der Waals surface area contributed by atoms with Gasteiger partial charge in [-0.1, -0.05) is 43.9 Å². The van der Waals surface area contributed by atoms with E-state index in [4.69, 9.17) is 10.5 Å². The van der Waals surface area contributed by atoms with Gasteiger partial charge in [0.1, 0.15) is 0 Å². The van der Waals surface area contributed by atoms with Crippen LogP contribution in [0.5, 0.6) is 0 Å². The van der Waals surface area contributed by atoms with Crippen molar-refractivity contribution >= 4 is 11.7 Å². The summed E-state index contributed by atoms with van der Waals surface area (Å²) in [7, 11) is 0. The molecule has 1 aromatic carbocycles. The molecule has 21 heavy (non-hydrogen) atoms. The van der Waals surface area contributed by atoms with E-state index in [9.17, 15) is 4.79 Å². The number of nitrogens with two attached hydrogens (primary N) is 1. The first-order valence-corrected chi connectivity index (χ1v) is 7.80. The Morgan fingerprint density at radius 1 is 1.19 bits per heavy atom. The number of fused-ring (bicyclic) bond motifs is 1. The van der Waals surface area contributed by atoms with E-state index in [-0.39, 0.29) is 0 Å². The third-order valence-corrected chi connectivity index (χ3v) is 4.35. The predicted octanol–water partition coefficient (Wildman–Crippen LogP) is 2.70. The third kappa shape index (κ3) is 3.19. The Morgan fingerprint density at radius 3 is 2.62 bits per heavy atom. The molecule has 3 rings (SSSR count). The van der Waals surface area contributed by atoms with Crippen molar-refractivity contribution in [2.24, 2.45) is 5.73 Å². The van der Waals surface area contributed by atoms with Gasteiger partial charge in [-0.05, 0) is 18.9 Å². The monoisotopic (exact) mass is 289 g/mol. The normalized spacial score (nSPS) is 23.4. The molecule has 1 saturated carbocycles. The van der Waals surface area contributed by atoms with Crippen LogP contribution in [0.15, 0.2) is 24.3 Å². The van der Waals surface area contributed by atoms with E-state index in [0.29, 0.717) is 12.6 Å². The second-order valence-corrected chi connectivity index (χ2v) is 5.86. The first-order valence-electron chi connectivity index (χ1n) is 7.80. The summed E-state index contributed by atoms with van der Waals surface area (Å²) >= 11 is 0. The standard InChI is InChI=1S/C16H23N3O2/c17-15(20)19-14-10-6-5-7-12(14)11-21-16(19)18-13-8-3-1-2-4-9-13/h5-7,10,13,16,18H,1-4,8-9,11H2,(H2,17,20). The molecule has 1 unspecified atom stereocenters. The number of hydrogen-bond donors (Lipinski definition) is 2. The van der Waals surface area contributed by atoms with Gasteiger partial charge in [0.05, 0.1) is 12.3 Å². The highest BCUT2D eigenvalue weighted by molar-refractivity contribution is 5.92. The molecule has 0 radical (unpaired) electrons. The van der Waals surface area contributed by atoms with Crippen molar-refractivity contribution < 1.29 is 9.53 Å². The molecule has 1 aliphatic carbocycles. The molecule has 1 fully saturated rings. The third-order valence-electron chi connectivity index (χ3n) is 4.35. The number of urea groups is 1. The number of amides is 2. The maximum atomic E-state index is 11.9. The fourth-order valence-electron chi connectivity index (χ4n) is 3.24. The van der Waals surface area contributed by atoms with Gasteiger partial charge in [-0.25, -0.2) is 4.79 Å². The van der Waals surface area contributed by atoms with Gasteiger partial charge in [-0.15, -0.1) is 0 Å². The van der Waals surface area contributed by atoms with Crippen molar-refractivity contribution in [3.8, 4) is 0 Å². The summed E-state index contributed by atoms with van der Waals surface area (Å²) < 4.78 is 5.84. The first kappa shape index (κ1) is 14.4. The maximum Gasteiger partial charge on any atom is 0.322 e. The van der Waals surface area contributed by atoms with Crippen molar-refractivity contribution in [1.82, 2.24) is 5.32 Å². The highest BCUT2D eigenvalue weighted by atomic mass is 16.5. The summed E-state index contributed by atoms with van der Waals surface area (Å²) in [5.74, 6) is 0. The summed E-state index contributed by atoms with van der Waals surface area (Å²) in [6, 6.07) is 7.67. The molecule has 0 spiro atoms. The number of para-hydroxylation sites is 1. The average molecular weight is 289 g/mol. The minimum Gasteiger partial charge on any atom is -0.351 e. The maximum absolute atomic E-state index is 11.9. The van der Waals surface area contributed by atoms with Crippen molar-refractivity contribution in [3.05, 3.63) is 29.8 Å². The van der Waals surface area contributed by atoms with Crippen LogP contribution in [0.2, 0.25) is 0 Å². The number of carbonyl (C=O) groups excluding carboxylic acids is 1. The van der Waals surface area contributed by atoms with E-state index in [1.807, 2.05) is 24.3 Å². The smallest absolute Gasteiger partial charge is 0.322 e. The Kier molecular flexibility index (Phi) is 4.41. The van der Waals surface area contributed by atoms with Crippen molar-refractivity contribution in [2.45, 2.75) is 57.5 Å². The molecule has 1 heterocycles. The molecule has 2 amide bonds. The Bertz CT molecular complexity index is 498. The SMILES string of the molecule is NC(=O)N1c2ccccc2COC1NC1CCCCCC1. The van der Waals surface area contributed by atoms with Gasteiger partial charge in [0.25, 0.3) is 0 Å². The minimum atomic E-state index is -0.478. The zero-order valence-corrected chi connectivity index (χ0v) is 12.3. The second kappa shape index (κ2) is 6.45. The first-order chi connectivity index (χ1) is 10.3. The Morgan fingerprint density at radius 2 is 1.90 bits per heavy atom. The van der Waals surface area contributed by atoms with Crippen LogP contribution < -0.4 is 16.0 Å². The number of rotatable bonds is 2. The van der Waals surface area contributed by atoms with Crippen LogP contribution in [0.1, 0.15) is 44.1 Å². The number of nitrogens with one attached hydrogen (secondary N) is 1. The van der Waals surface area contributed by atoms with Crippen molar-refractivity contribution in [3.63, 3.8) is 0 Å². The lowest BCUT2D eigenvalue weighted by molar-refractivity contribution is 0.00309. The quantitative estimate of drug-likeness (QED) is 0.823. The number of nitrogens with zero attached hydrogens (tertiary/aromatic N) is 1. The van der Waals surface area contributed by atoms with E-state index in [1.165, 1.54) is 30.6 Å². The van der Waals surface area contributed by atoms with Crippen molar-refractivity contribution in [2.75, 3.05) is 4.90 Å². The summed E-state index contributed by atoms with van der Waals surface area (Å²) in [6.45, 7) is 0.504. The molecule has 114 valence electrons. The van der Waals surface area contributed by atoms with Gasteiger partial charge >= 0.3 is 6.03 Å². The fourth-order valence-corrected chi connectivity index (χ4v) is 3.24. The molecule has 3 N–H and O–H groups in total. The van der Waals surface area contributed by atoms with E-state index in [1.54, 1.807) is 0 Å². The van der Waals surface area contributed by atoms with Crippen LogP contribution in [-0.4, -0.2) is 18.4 Å². The number of hydrogen-bond acceptors (Lipinski definition) is 3. The van der Waals surface area contributed by atoms with E-state index in [0.717, 1.165) is 24.1 Å². The molecule has 1 aliphatic heterocycles. The lowest BCUT2D eigenvalue weighted by Gasteiger charge is -2.38. The van der Waals surface area contributed by atoms with Crippen LogP contribution in [0, 0.1) is 0 Å². The predicted molar refractivity (Wildman–Crippen MR) is 81.7 cm³/mol. The number of ether oxygens (including phenoxy) is 1. The van der Waals surface area contributed by atoms with Crippen LogP contribution in [0.3, 0.4) is 0 Å². The van der Waals surface area contributed by atoms with Gasteiger partial charge < -0.3 is 10.5 Å². The van der Waals surface area contributed by atoms with Gasteiger partial charge in [0.15, 0.2) is 6.35 Å². The molecule has 0 saturated heterocycles. The van der Waals surface area contributed by atoms with E-state index >= 15 is 0 Å². The highest BCUT2D eigenvalue weighted by Crippen LogP contribution is 2.29. The molecule has 5 heteroatoms. The van der Waals surface area contributed by atoms with Gasteiger partial charge in [0.2, 0.25) is 0 Å². The number of anilines is 1. The molecule has 0 aromatic heterocycles. The molecule has 5 nitrogen and oxygen atoms in total. The van der Waals surface area contributed by atoms with E-state index < -0.39 is 12.4 Å². The molecular weight excluding hydrogens is 266 g/mol. The van der Waals surface area contributed by atoms with Crippen LogP contribution in [0.4, 0.5) is 10.5 Å². The zero-order valence-electron chi connectivity index (χ0n) is 12.3. The average Bonchev–Trinajstić information content (AvgIpc) is 2.75. The molecular formula is C16H23N3O2. The summed E-state index contributed by atoms with van der Waals surface area (Å²) in [5.41, 5.74) is 7.42. The Hall–Kier alpha value is -1.59. The lowest BCUT2D eigenvalue weighted by atomic mass is 10.1. The zero-order chi connectivity index (χ0) is 14.7. The second-order valence-electron chi connectivity index (χ2n) is 5.86. The Labute approximate surface area is 125 Å². The molecule has 1 aromatic rings. The van der Waals surface area contributed by atoms with Gasteiger partial charge in [0, 0.05) is 11.6 Å². The number of primary amides is 1. The molecule has 2 aliphatic rings. The van der Waals surface area contributed by atoms with Crippen molar-refractivity contribution in [1.29, 1.82) is 0 Å². The highest BCUT2D eigenvalue weighted by Gasteiger charge is 2.31. The van der Waals surface area contributed by atoms with E-state index in [2.05, 4.69) is 5.32 Å². The van der Waals surface area contributed by atoms with Crippen LogP contribution in [0.25, 0.3) is 0 Å². The van der Waals surface area contributed by atoms with Crippen LogP contribution in [-0.2, 0) is 11.3 Å². The minimum absolute atomic E-state index is 0.393. The lowest BCUT2D eigenvalue weighted by Crippen LogP contribution is -2.57. The van der Waals surface area contributed by atoms with Gasteiger partial charge in [-0.2, -0.15) is 0 Å². The largest absolute Gasteiger partial charge is 0.351 e. The summed E-state index contributed by atoms with van der Waals surface area (Å²) in [5, 5.41) is 3.47. The van der Waals surface area contributed by atoms with Gasteiger partial charge in [-0.3, -0.25) is 10.2 Å². The summed E-state index contributed by atoms with van der Waals surface area (Å²) in [4.78, 5) is 13.4. The summed E-state index contributed by atoms with van der Waals surface area (Å²) in [6.07, 6.45) is 6.87.